The molecule has 0 radical (unpaired) electrons. The number of fused-ring (bicyclic) bond motifs is 1. The second-order valence-electron chi connectivity index (χ2n) is 6.25. The van der Waals surface area contributed by atoms with Crippen LogP contribution in [0.4, 0.5) is 0 Å². The van der Waals surface area contributed by atoms with Crippen molar-refractivity contribution in [1.82, 2.24) is 19.6 Å². The molecule has 3 rings (SSSR count). The SMILES string of the molecule is CN(C)Cc1c(C(=O)NCCc2ccc(O)cc2)nc2ccccn12. The molecule has 2 aromatic heterocycles. The summed E-state index contributed by atoms with van der Waals surface area (Å²) in [5.41, 5.74) is 3.16. The van der Waals surface area contributed by atoms with E-state index in [-0.39, 0.29) is 11.7 Å². The van der Waals surface area contributed by atoms with Gasteiger partial charge in [0.2, 0.25) is 0 Å². The van der Waals surface area contributed by atoms with E-state index < -0.39 is 0 Å². The van der Waals surface area contributed by atoms with E-state index in [1.54, 1.807) is 12.1 Å². The quantitative estimate of drug-likeness (QED) is 0.722. The number of pyridine rings is 1. The number of carbonyl (C=O) groups excluding carboxylic acids is 1. The van der Waals surface area contributed by atoms with Gasteiger partial charge in [0.05, 0.1) is 5.69 Å². The number of aromatic hydroxyl groups is 1. The molecular weight excluding hydrogens is 316 g/mol. The second-order valence-corrected chi connectivity index (χ2v) is 6.25. The predicted molar refractivity (Wildman–Crippen MR) is 96.7 cm³/mol. The van der Waals surface area contributed by atoms with Crippen molar-refractivity contribution in [3.05, 3.63) is 65.6 Å². The van der Waals surface area contributed by atoms with Crippen LogP contribution in [0.1, 0.15) is 21.7 Å². The van der Waals surface area contributed by atoms with E-state index in [4.69, 9.17) is 0 Å². The van der Waals surface area contributed by atoms with Gasteiger partial charge in [-0.05, 0) is 50.3 Å². The lowest BCUT2D eigenvalue weighted by atomic mass is 10.1. The highest BCUT2D eigenvalue weighted by molar-refractivity contribution is 5.94. The smallest absolute Gasteiger partial charge is 0.271 e. The number of rotatable bonds is 6. The van der Waals surface area contributed by atoms with Crippen LogP contribution in [-0.2, 0) is 13.0 Å². The molecule has 0 aliphatic heterocycles. The van der Waals surface area contributed by atoms with Gasteiger partial charge in [0.1, 0.15) is 11.4 Å². The van der Waals surface area contributed by atoms with Gasteiger partial charge in [-0.2, -0.15) is 0 Å². The van der Waals surface area contributed by atoms with Gasteiger partial charge >= 0.3 is 0 Å². The van der Waals surface area contributed by atoms with E-state index in [0.29, 0.717) is 25.2 Å². The lowest BCUT2D eigenvalue weighted by Crippen LogP contribution is -2.28. The normalized spacial score (nSPS) is 11.2. The minimum Gasteiger partial charge on any atom is -0.508 e. The van der Waals surface area contributed by atoms with Crippen molar-refractivity contribution in [1.29, 1.82) is 0 Å². The fourth-order valence-corrected chi connectivity index (χ4v) is 2.75. The number of imidazole rings is 1. The van der Waals surface area contributed by atoms with Crippen molar-refractivity contribution in [3.63, 3.8) is 0 Å². The summed E-state index contributed by atoms with van der Waals surface area (Å²) in [5.74, 6) is 0.0742. The summed E-state index contributed by atoms with van der Waals surface area (Å²) in [4.78, 5) is 19.1. The highest BCUT2D eigenvalue weighted by Crippen LogP contribution is 2.14. The Balaban J connectivity index is 1.73. The van der Waals surface area contributed by atoms with Gasteiger partial charge in [0.25, 0.3) is 5.91 Å². The van der Waals surface area contributed by atoms with Gasteiger partial charge in [-0.3, -0.25) is 4.79 Å². The Bertz CT molecular complexity index is 869. The summed E-state index contributed by atoms with van der Waals surface area (Å²) >= 11 is 0. The maximum Gasteiger partial charge on any atom is 0.271 e. The molecular formula is C19H22N4O2. The van der Waals surface area contributed by atoms with Crippen LogP contribution in [0.3, 0.4) is 0 Å². The van der Waals surface area contributed by atoms with Crippen LogP contribution in [0.2, 0.25) is 0 Å². The fourth-order valence-electron chi connectivity index (χ4n) is 2.75. The molecule has 3 aromatic rings. The molecule has 2 heterocycles. The average Bonchev–Trinajstić information content (AvgIpc) is 2.95. The van der Waals surface area contributed by atoms with Gasteiger partial charge in [-0.1, -0.05) is 18.2 Å². The molecule has 0 saturated carbocycles. The van der Waals surface area contributed by atoms with Crippen LogP contribution in [0.25, 0.3) is 5.65 Å². The highest BCUT2D eigenvalue weighted by Gasteiger charge is 2.18. The molecule has 1 amide bonds. The maximum atomic E-state index is 12.6. The topological polar surface area (TPSA) is 69.9 Å². The van der Waals surface area contributed by atoms with Crippen molar-refractivity contribution in [2.45, 2.75) is 13.0 Å². The van der Waals surface area contributed by atoms with Crippen LogP contribution in [0, 0.1) is 0 Å². The first kappa shape index (κ1) is 17.0. The zero-order valence-electron chi connectivity index (χ0n) is 14.4. The number of carbonyl (C=O) groups is 1. The number of phenolic OH excluding ortho intramolecular Hbond substituents is 1. The van der Waals surface area contributed by atoms with Crippen molar-refractivity contribution >= 4 is 11.6 Å². The van der Waals surface area contributed by atoms with E-state index in [0.717, 1.165) is 16.9 Å². The zero-order chi connectivity index (χ0) is 17.8. The summed E-state index contributed by atoms with van der Waals surface area (Å²) in [5, 5.41) is 12.2. The Labute approximate surface area is 146 Å². The summed E-state index contributed by atoms with van der Waals surface area (Å²) in [6.45, 7) is 1.14. The monoisotopic (exact) mass is 338 g/mol. The van der Waals surface area contributed by atoms with E-state index >= 15 is 0 Å². The molecule has 0 spiro atoms. The molecule has 0 aliphatic rings. The molecule has 6 nitrogen and oxygen atoms in total. The lowest BCUT2D eigenvalue weighted by molar-refractivity contribution is 0.0948. The van der Waals surface area contributed by atoms with Crippen molar-refractivity contribution < 1.29 is 9.90 Å². The summed E-state index contributed by atoms with van der Waals surface area (Å²) in [6.07, 6.45) is 2.62. The first-order valence-corrected chi connectivity index (χ1v) is 8.21. The maximum absolute atomic E-state index is 12.6. The largest absolute Gasteiger partial charge is 0.508 e. The molecule has 0 unspecified atom stereocenters. The van der Waals surface area contributed by atoms with Crippen LogP contribution in [-0.4, -0.2) is 45.9 Å². The van der Waals surface area contributed by atoms with Crippen molar-refractivity contribution in [2.75, 3.05) is 20.6 Å². The van der Waals surface area contributed by atoms with Gasteiger partial charge < -0.3 is 19.7 Å². The lowest BCUT2D eigenvalue weighted by Gasteiger charge is -2.11. The van der Waals surface area contributed by atoms with E-state index in [9.17, 15) is 9.90 Å². The predicted octanol–water partition coefficient (Wildman–Crippen LogP) is 2.07. The third kappa shape index (κ3) is 3.97. The minimum absolute atomic E-state index is 0.167. The number of hydrogen-bond donors (Lipinski definition) is 2. The first-order chi connectivity index (χ1) is 12.0. The van der Waals surface area contributed by atoms with E-state index in [1.807, 2.05) is 59.9 Å². The highest BCUT2D eigenvalue weighted by atomic mass is 16.3. The van der Waals surface area contributed by atoms with Crippen LogP contribution < -0.4 is 5.32 Å². The van der Waals surface area contributed by atoms with Crippen LogP contribution >= 0.6 is 0 Å². The number of amides is 1. The number of phenols is 1. The summed E-state index contributed by atoms with van der Waals surface area (Å²) < 4.78 is 1.95. The van der Waals surface area contributed by atoms with Crippen molar-refractivity contribution in [3.8, 4) is 5.75 Å². The molecule has 0 aliphatic carbocycles. The Morgan fingerprint density at radius 3 is 2.68 bits per heavy atom. The fraction of sp³-hybridized carbons (Fsp3) is 0.263. The molecule has 6 heteroatoms. The first-order valence-electron chi connectivity index (χ1n) is 8.21. The standard InChI is InChI=1S/C19H22N4O2/c1-22(2)13-16-18(21-17-5-3-4-12-23(16)17)19(25)20-11-10-14-6-8-15(24)9-7-14/h3-9,12,24H,10-11,13H2,1-2H3,(H,20,25). The number of benzene rings is 1. The summed E-state index contributed by atoms with van der Waals surface area (Å²) in [7, 11) is 3.93. The van der Waals surface area contributed by atoms with Gasteiger partial charge in [0, 0.05) is 19.3 Å². The Kier molecular flexibility index (Phi) is 5.00. The molecule has 0 atom stereocenters. The molecule has 0 fully saturated rings. The molecule has 0 saturated heterocycles. The van der Waals surface area contributed by atoms with Gasteiger partial charge in [-0.15, -0.1) is 0 Å². The molecule has 25 heavy (non-hydrogen) atoms. The molecule has 0 bridgehead atoms. The van der Waals surface area contributed by atoms with Crippen LogP contribution in [0.5, 0.6) is 5.75 Å². The van der Waals surface area contributed by atoms with Crippen molar-refractivity contribution in [2.24, 2.45) is 0 Å². The minimum atomic E-state index is -0.167. The Morgan fingerprint density at radius 1 is 1.20 bits per heavy atom. The number of aromatic nitrogens is 2. The molecule has 2 N–H and O–H groups in total. The average molecular weight is 338 g/mol. The Morgan fingerprint density at radius 2 is 1.96 bits per heavy atom. The number of nitrogens with one attached hydrogen (secondary N) is 1. The Hall–Kier alpha value is -2.86. The number of hydrogen-bond acceptors (Lipinski definition) is 4. The van der Waals surface area contributed by atoms with Crippen LogP contribution in [0.15, 0.2) is 48.7 Å². The second kappa shape index (κ2) is 7.36. The summed E-state index contributed by atoms with van der Waals surface area (Å²) in [6, 6.07) is 12.7. The van der Waals surface area contributed by atoms with E-state index in [2.05, 4.69) is 10.3 Å². The molecule has 1 aromatic carbocycles. The van der Waals surface area contributed by atoms with E-state index in [1.165, 1.54) is 0 Å². The van der Waals surface area contributed by atoms with Gasteiger partial charge in [-0.25, -0.2) is 4.98 Å². The zero-order valence-corrected chi connectivity index (χ0v) is 14.4. The van der Waals surface area contributed by atoms with Gasteiger partial charge in [0.15, 0.2) is 5.69 Å². The number of nitrogens with zero attached hydrogens (tertiary/aromatic N) is 3. The third-order valence-corrected chi connectivity index (χ3v) is 3.95. The molecule has 130 valence electrons. The third-order valence-electron chi connectivity index (χ3n) is 3.95.